The van der Waals surface area contributed by atoms with E-state index in [1.807, 2.05) is 0 Å². The van der Waals surface area contributed by atoms with Gasteiger partial charge in [-0.2, -0.15) is 0 Å². The monoisotopic (exact) mass is 297 g/mol. The highest BCUT2D eigenvalue weighted by Gasteiger charge is 2.26. The van der Waals surface area contributed by atoms with Gasteiger partial charge in [0.1, 0.15) is 11.8 Å². The molecular weight excluding hydrogens is 288 g/mol. The summed E-state index contributed by atoms with van der Waals surface area (Å²) < 4.78 is 16.7. The fourth-order valence-electron chi connectivity index (χ4n) is 0.944. The van der Waals surface area contributed by atoms with Crippen molar-refractivity contribution in [1.82, 2.24) is 5.09 Å². The van der Waals surface area contributed by atoms with Gasteiger partial charge < -0.3 is 9.63 Å². The van der Waals surface area contributed by atoms with Gasteiger partial charge in [0.05, 0.1) is 0 Å². The first-order valence-electron chi connectivity index (χ1n) is 4.55. The van der Waals surface area contributed by atoms with Gasteiger partial charge in [0.2, 0.25) is 0 Å². The average molecular weight is 298 g/mol. The Morgan fingerprint density at radius 3 is 2.47 bits per heavy atom. The molecule has 0 saturated heterocycles. The molecule has 0 saturated carbocycles. The van der Waals surface area contributed by atoms with E-state index in [0.29, 0.717) is 5.02 Å². The third-order valence-electron chi connectivity index (χ3n) is 1.75. The van der Waals surface area contributed by atoms with E-state index in [0.717, 1.165) is 0 Å². The van der Waals surface area contributed by atoms with Crippen molar-refractivity contribution in [3.05, 3.63) is 29.3 Å². The molecule has 2 atom stereocenters. The summed E-state index contributed by atoms with van der Waals surface area (Å²) in [4.78, 5) is 10.6. The van der Waals surface area contributed by atoms with Crippen molar-refractivity contribution < 1.29 is 19.0 Å². The highest BCUT2D eigenvalue weighted by Crippen LogP contribution is 2.48. The van der Waals surface area contributed by atoms with Crippen molar-refractivity contribution in [2.75, 3.05) is 0 Å². The number of rotatable bonds is 5. The van der Waals surface area contributed by atoms with E-state index in [1.165, 1.54) is 31.2 Å². The Morgan fingerprint density at radius 2 is 2.00 bits per heavy atom. The lowest BCUT2D eigenvalue weighted by molar-refractivity contribution is -0.138. The summed E-state index contributed by atoms with van der Waals surface area (Å²) in [5, 5.41) is 11.3. The van der Waals surface area contributed by atoms with Gasteiger partial charge >= 0.3 is 12.8 Å². The molecule has 0 aliphatic rings. The van der Waals surface area contributed by atoms with Crippen molar-refractivity contribution in [3.63, 3.8) is 0 Å². The van der Waals surface area contributed by atoms with Crippen LogP contribution in [0.4, 0.5) is 0 Å². The summed E-state index contributed by atoms with van der Waals surface area (Å²) in [5.41, 5.74) is 0. The summed E-state index contributed by atoms with van der Waals surface area (Å²) in [6.07, 6.45) is 0. The lowest BCUT2D eigenvalue weighted by Gasteiger charge is -2.16. The zero-order valence-corrected chi connectivity index (χ0v) is 11.2. The highest BCUT2D eigenvalue weighted by atomic mass is 35.7. The van der Waals surface area contributed by atoms with Gasteiger partial charge in [-0.3, -0.25) is 4.79 Å². The summed E-state index contributed by atoms with van der Waals surface area (Å²) in [6, 6.07) is 4.95. The number of hydrogen-bond donors (Lipinski definition) is 2. The minimum absolute atomic E-state index is 0.234. The normalized spacial score (nSPS) is 15.9. The van der Waals surface area contributed by atoms with Crippen molar-refractivity contribution >= 4 is 35.7 Å². The third-order valence-corrected chi connectivity index (χ3v) is 3.65. The van der Waals surface area contributed by atoms with Crippen molar-refractivity contribution in [2.24, 2.45) is 0 Å². The minimum atomic E-state index is -3.74. The van der Waals surface area contributed by atoms with Crippen LogP contribution in [0.1, 0.15) is 6.92 Å². The number of carboxylic acid groups (broad SMARTS) is 1. The number of halogens is 2. The van der Waals surface area contributed by atoms with Crippen LogP contribution in [0.2, 0.25) is 5.02 Å². The van der Waals surface area contributed by atoms with Gasteiger partial charge in [0.25, 0.3) is 0 Å². The van der Waals surface area contributed by atoms with E-state index in [-0.39, 0.29) is 5.75 Å². The largest absolute Gasteiger partial charge is 0.480 e. The van der Waals surface area contributed by atoms with Gasteiger partial charge in [0.15, 0.2) is 0 Å². The van der Waals surface area contributed by atoms with Crippen LogP contribution < -0.4 is 9.61 Å². The number of carboxylic acids is 1. The Kier molecular flexibility index (Phi) is 4.83. The highest BCUT2D eigenvalue weighted by molar-refractivity contribution is 7.84. The molecule has 1 aromatic carbocycles. The first-order chi connectivity index (χ1) is 7.80. The number of aliphatic carboxylic acids is 1. The lowest BCUT2D eigenvalue weighted by Crippen LogP contribution is -2.31. The summed E-state index contributed by atoms with van der Waals surface area (Å²) in [5.74, 6) is -0.941. The van der Waals surface area contributed by atoms with Crippen LogP contribution in [0.5, 0.6) is 5.75 Å². The van der Waals surface area contributed by atoms with Crippen LogP contribution in [0.3, 0.4) is 0 Å². The van der Waals surface area contributed by atoms with Gasteiger partial charge in [-0.05, 0) is 31.2 Å². The van der Waals surface area contributed by atoms with E-state index in [4.69, 9.17) is 32.5 Å². The molecule has 0 fully saturated rings. The fraction of sp³-hybridized carbons (Fsp3) is 0.222. The summed E-state index contributed by atoms with van der Waals surface area (Å²) >= 11 is 11.2. The first kappa shape index (κ1) is 14.3. The third kappa shape index (κ3) is 4.96. The predicted octanol–water partition coefficient (Wildman–Crippen LogP) is 3.13. The van der Waals surface area contributed by atoms with Gasteiger partial charge in [-0.15, -0.1) is 0 Å². The quantitative estimate of drug-likeness (QED) is 0.817. The molecule has 17 heavy (non-hydrogen) atoms. The summed E-state index contributed by atoms with van der Waals surface area (Å²) in [6.45, 7) is -2.43. The zero-order chi connectivity index (χ0) is 13.1. The molecule has 0 spiro atoms. The van der Waals surface area contributed by atoms with Crippen LogP contribution in [-0.4, -0.2) is 17.1 Å². The zero-order valence-electron chi connectivity index (χ0n) is 8.76. The Hall–Kier alpha value is -0.740. The maximum Gasteiger partial charge on any atom is 0.409 e. The van der Waals surface area contributed by atoms with Gasteiger partial charge in [-0.1, -0.05) is 11.6 Å². The molecule has 1 aromatic rings. The molecule has 1 rings (SSSR count). The van der Waals surface area contributed by atoms with Crippen LogP contribution in [0.15, 0.2) is 24.3 Å². The number of benzene rings is 1. The van der Waals surface area contributed by atoms with E-state index in [9.17, 15) is 9.36 Å². The van der Waals surface area contributed by atoms with Crippen molar-refractivity contribution in [3.8, 4) is 5.75 Å². The van der Waals surface area contributed by atoms with E-state index >= 15 is 0 Å². The SMILES string of the molecule is C[C@H](NP(=O)(Cl)Oc1ccc(Cl)cc1)C(=O)O. The fourth-order valence-corrected chi connectivity index (χ4v) is 2.77. The molecule has 5 nitrogen and oxygen atoms in total. The topological polar surface area (TPSA) is 75.6 Å². The average Bonchev–Trinajstić information content (AvgIpc) is 2.20. The van der Waals surface area contributed by atoms with Gasteiger partial charge in [-0.25, -0.2) is 9.65 Å². The number of hydrogen-bond acceptors (Lipinski definition) is 3. The Balaban J connectivity index is 2.69. The lowest BCUT2D eigenvalue weighted by atomic mass is 10.3. The summed E-state index contributed by atoms with van der Waals surface area (Å²) in [7, 11) is 0. The second-order valence-corrected chi connectivity index (χ2v) is 6.39. The van der Waals surface area contributed by atoms with Gasteiger partial charge in [0, 0.05) is 16.3 Å². The molecule has 2 N–H and O–H groups in total. The molecule has 8 heteroatoms. The maximum absolute atomic E-state index is 11.7. The standard InChI is InChI=1S/C9H10Cl2NO4P/c1-6(9(13)14)12-17(11,15)16-8-4-2-7(10)3-5-8/h2-6H,1H3,(H,12,15)(H,13,14)/t6-,17?/m0/s1. The van der Waals surface area contributed by atoms with E-state index in [2.05, 4.69) is 5.09 Å². The Labute approximate surface area is 108 Å². The van der Waals surface area contributed by atoms with E-state index in [1.54, 1.807) is 0 Å². The van der Waals surface area contributed by atoms with Crippen LogP contribution in [0, 0.1) is 0 Å². The Bertz CT molecular complexity index is 451. The van der Waals surface area contributed by atoms with Crippen molar-refractivity contribution in [2.45, 2.75) is 13.0 Å². The Morgan fingerprint density at radius 1 is 1.47 bits per heavy atom. The molecule has 0 heterocycles. The van der Waals surface area contributed by atoms with E-state index < -0.39 is 18.9 Å². The molecule has 0 bridgehead atoms. The molecule has 0 aromatic heterocycles. The molecule has 0 amide bonds. The second kappa shape index (κ2) is 5.74. The molecule has 0 radical (unpaired) electrons. The minimum Gasteiger partial charge on any atom is -0.480 e. The number of carbonyl (C=O) groups is 1. The first-order valence-corrected chi connectivity index (χ1v) is 7.46. The van der Waals surface area contributed by atoms with Crippen molar-refractivity contribution in [1.29, 1.82) is 0 Å². The van der Waals surface area contributed by atoms with Crippen LogP contribution >= 0.6 is 29.7 Å². The second-order valence-electron chi connectivity index (χ2n) is 3.21. The molecule has 1 unspecified atom stereocenters. The maximum atomic E-state index is 11.7. The molecule has 0 aliphatic heterocycles. The molecular formula is C9H10Cl2NO4P. The number of nitrogens with one attached hydrogen (secondary N) is 1. The molecule has 94 valence electrons. The van der Waals surface area contributed by atoms with Crippen LogP contribution in [0.25, 0.3) is 0 Å². The smallest absolute Gasteiger partial charge is 0.409 e. The van der Waals surface area contributed by atoms with Crippen LogP contribution in [-0.2, 0) is 9.36 Å². The predicted molar refractivity (Wildman–Crippen MR) is 65.8 cm³/mol. The molecule has 0 aliphatic carbocycles.